The van der Waals surface area contributed by atoms with Crippen molar-refractivity contribution in [1.29, 1.82) is 0 Å². The fourth-order valence-electron chi connectivity index (χ4n) is 2.87. The van der Waals surface area contributed by atoms with E-state index >= 15 is 0 Å². The molecule has 0 unspecified atom stereocenters. The van der Waals surface area contributed by atoms with Gasteiger partial charge in [-0.3, -0.25) is 9.59 Å². The van der Waals surface area contributed by atoms with Crippen LogP contribution in [0.25, 0.3) is 0 Å². The van der Waals surface area contributed by atoms with E-state index in [1.54, 1.807) is 0 Å². The molecule has 2 heterocycles. The van der Waals surface area contributed by atoms with Crippen LogP contribution < -0.4 is 5.32 Å². The van der Waals surface area contributed by atoms with Crippen LogP contribution in [0.5, 0.6) is 0 Å². The second-order valence-corrected chi connectivity index (χ2v) is 5.72. The summed E-state index contributed by atoms with van der Waals surface area (Å²) >= 11 is 0. The molecule has 3 fully saturated rings. The van der Waals surface area contributed by atoms with Crippen molar-refractivity contribution >= 4 is 17.8 Å². The Bertz CT molecular complexity index is 448. The zero-order valence-corrected chi connectivity index (χ0v) is 11.1. The first-order valence-corrected chi connectivity index (χ1v) is 7.02. The number of carboxylic acids is 1. The normalized spacial score (nSPS) is 33.5. The lowest BCUT2D eigenvalue weighted by Gasteiger charge is -2.18. The molecule has 2 amide bonds. The molecule has 0 aromatic carbocycles. The number of carboxylic acid groups (broad SMARTS) is 1. The quantitative estimate of drug-likeness (QED) is 0.724. The van der Waals surface area contributed by atoms with Gasteiger partial charge in [-0.05, 0) is 25.7 Å². The first kappa shape index (κ1) is 13.4. The minimum atomic E-state index is -1.03. The van der Waals surface area contributed by atoms with E-state index in [2.05, 4.69) is 5.32 Å². The average molecular weight is 282 g/mol. The molecule has 0 radical (unpaired) electrons. The number of likely N-dealkylation sites (tertiary alicyclic amines) is 1. The Morgan fingerprint density at radius 2 is 1.90 bits per heavy atom. The van der Waals surface area contributed by atoms with Crippen molar-refractivity contribution in [3.63, 3.8) is 0 Å². The minimum Gasteiger partial charge on any atom is -0.479 e. The summed E-state index contributed by atoms with van der Waals surface area (Å²) in [6.45, 7) is 0.560. The molecule has 110 valence electrons. The van der Waals surface area contributed by atoms with Crippen LogP contribution >= 0.6 is 0 Å². The van der Waals surface area contributed by atoms with E-state index in [4.69, 9.17) is 9.84 Å². The Hall–Kier alpha value is -1.63. The number of hydrogen-bond donors (Lipinski definition) is 2. The molecule has 2 N–H and O–H groups in total. The third kappa shape index (κ3) is 2.63. The van der Waals surface area contributed by atoms with Crippen molar-refractivity contribution in [2.45, 2.75) is 56.4 Å². The zero-order chi connectivity index (χ0) is 14.3. The van der Waals surface area contributed by atoms with Crippen LogP contribution in [0.2, 0.25) is 0 Å². The summed E-state index contributed by atoms with van der Waals surface area (Å²) in [6.07, 6.45) is 1.61. The van der Waals surface area contributed by atoms with Gasteiger partial charge in [0.25, 0.3) is 0 Å². The van der Waals surface area contributed by atoms with E-state index in [0.29, 0.717) is 31.8 Å². The zero-order valence-electron chi connectivity index (χ0n) is 11.1. The minimum absolute atomic E-state index is 0.0913. The Kier molecular flexibility index (Phi) is 3.37. The molecule has 2 saturated heterocycles. The molecular formula is C13H18N2O5. The van der Waals surface area contributed by atoms with Gasteiger partial charge in [-0.15, -0.1) is 0 Å². The average Bonchev–Trinajstić information content (AvgIpc) is 2.98. The lowest BCUT2D eigenvalue weighted by molar-refractivity contribution is -0.151. The largest absolute Gasteiger partial charge is 0.479 e. The molecule has 1 saturated carbocycles. The maximum atomic E-state index is 12.0. The summed E-state index contributed by atoms with van der Waals surface area (Å²) in [7, 11) is 0. The SMILES string of the molecule is O=C(N[C@@H]1CC(=O)N(C2CC2)C1)[C@@H]1CC[C@H](C(=O)O)O1. The molecule has 3 aliphatic rings. The maximum Gasteiger partial charge on any atom is 0.332 e. The highest BCUT2D eigenvalue weighted by Gasteiger charge is 2.41. The number of ether oxygens (including phenoxy) is 1. The van der Waals surface area contributed by atoms with Gasteiger partial charge in [0.15, 0.2) is 6.10 Å². The van der Waals surface area contributed by atoms with E-state index < -0.39 is 18.2 Å². The number of carbonyl (C=O) groups excluding carboxylic acids is 2. The summed E-state index contributed by atoms with van der Waals surface area (Å²) in [5.74, 6) is -1.24. The first-order chi connectivity index (χ1) is 9.54. The van der Waals surface area contributed by atoms with E-state index in [1.165, 1.54) is 0 Å². The summed E-state index contributed by atoms with van der Waals surface area (Å²) in [5.41, 5.74) is 0. The predicted octanol–water partition coefficient (Wildman–Crippen LogP) is -0.502. The number of nitrogens with one attached hydrogen (secondary N) is 1. The molecule has 20 heavy (non-hydrogen) atoms. The lowest BCUT2D eigenvalue weighted by atomic mass is 10.1. The first-order valence-electron chi connectivity index (χ1n) is 7.02. The van der Waals surface area contributed by atoms with Crippen LogP contribution in [-0.4, -0.2) is 58.6 Å². The maximum absolute atomic E-state index is 12.0. The van der Waals surface area contributed by atoms with Gasteiger partial charge in [0, 0.05) is 19.0 Å². The van der Waals surface area contributed by atoms with Crippen molar-refractivity contribution in [3.8, 4) is 0 Å². The highest BCUT2D eigenvalue weighted by Crippen LogP contribution is 2.30. The van der Waals surface area contributed by atoms with Gasteiger partial charge in [0.2, 0.25) is 11.8 Å². The van der Waals surface area contributed by atoms with Crippen LogP contribution in [0.4, 0.5) is 0 Å². The van der Waals surface area contributed by atoms with Gasteiger partial charge in [-0.2, -0.15) is 0 Å². The highest BCUT2D eigenvalue weighted by molar-refractivity contribution is 5.85. The fourth-order valence-corrected chi connectivity index (χ4v) is 2.87. The van der Waals surface area contributed by atoms with Crippen molar-refractivity contribution in [3.05, 3.63) is 0 Å². The summed E-state index contributed by atoms with van der Waals surface area (Å²) in [5, 5.41) is 11.6. The fraction of sp³-hybridized carbons (Fsp3) is 0.769. The number of carbonyl (C=O) groups is 3. The van der Waals surface area contributed by atoms with Crippen molar-refractivity contribution < 1.29 is 24.2 Å². The van der Waals surface area contributed by atoms with E-state index in [0.717, 1.165) is 12.8 Å². The lowest BCUT2D eigenvalue weighted by Crippen LogP contribution is -2.43. The second-order valence-electron chi connectivity index (χ2n) is 5.72. The van der Waals surface area contributed by atoms with Crippen LogP contribution in [0.1, 0.15) is 32.1 Å². The van der Waals surface area contributed by atoms with Crippen LogP contribution in [0.3, 0.4) is 0 Å². The molecule has 7 nitrogen and oxygen atoms in total. The van der Waals surface area contributed by atoms with E-state index in [1.807, 2.05) is 4.90 Å². The Labute approximate surface area is 116 Å². The molecule has 0 aromatic rings. The molecule has 1 aliphatic carbocycles. The Morgan fingerprint density at radius 3 is 2.50 bits per heavy atom. The summed E-state index contributed by atoms with van der Waals surface area (Å²) < 4.78 is 5.20. The number of amides is 2. The number of nitrogens with zero attached hydrogens (tertiary/aromatic N) is 1. The van der Waals surface area contributed by atoms with Crippen LogP contribution in [-0.2, 0) is 19.1 Å². The summed E-state index contributed by atoms with van der Waals surface area (Å²) in [4.78, 5) is 36.4. The van der Waals surface area contributed by atoms with Crippen molar-refractivity contribution in [2.75, 3.05) is 6.54 Å². The standard InChI is InChI=1S/C13H18N2O5/c16-11-5-7(6-15(11)8-1-2-8)14-12(17)9-3-4-10(20-9)13(18)19/h7-10H,1-6H2,(H,14,17)(H,18,19)/t7-,9+,10-/m1/s1. The molecular weight excluding hydrogens is 264 g/mol. The molecule has 7 heteroatoms. The van der Waals surface area contributed by atoms with Crippen LogP contribution in [0.15, 0.2) is 0 Å². The van der Waals surface area contributed by atoms with Crippen LogP contribution in [0, 0.1) is 0 Å². The molecule has 0 spiro atoms. The summed E-state index contributed by atoms with van der Waals surface area (Å²) in [6, 6.07) is 0.187. The molecule has 3 atom stereocenters. The molecule has 3 rings (SSSR count). The number of hydrogen-bond acceptors (Lipinski definition) is 4. The monoisotopic (exact) mass is 282 g/mol. The Morgan fingerprint density at radius 1 is 1.20 bits per heavy atom. The predicted molar refractivity (Wildman–Crippen MR) is 66.8 cm³/mol. The topological polar surface area (TPSA) is 95.9 Å². The number of aliphatic carboxylic acids is 1. The van der Waals surface area contributed by atoms with E-state index in [-0.39, 0.29) is 17.9 Å². The number of rotatable bonds is 4. The van der Waals surface area contributed by atoms with Gasteiger partial charge in [0.05, 0.1) is 6.04 Å². The molecule has 0 bridgehead atoms. The van der Waals surface area contributed by atoms with Crippen molar-refractivity contribution in [1.82, 2.24) is 10.2 Å². The van der Waals surface area contributed by atoms with Gasteiger partial charge in [-0.1, -0.05) is 0 Å². The van der Waals surface area contributed by atoms with Crippen molar-refractivity contribution in [2.24, 2.45) is 0 Å². The molecule has 2 aliphatic heterocycles. The van der Waals surface area contributed by atoms with Gasteiger partial charge in [-0.25, -0.2) is 4.79 Å². The smallest absolute Gasteiger partial charge is 0.332 e. The Balaban J connectivity index is 1.50. The van der Waals surface area contributed by atoms with Gasteiger partial charge >= 0.3 is 5.97 Å². The second kappa shape index (κ2) is 5.05. The van der Waals surface area contributed by atoms with E-state index in [9.17, 15) is 14.4 Å². The third-order valence-corrected chi connectivity index (χ3v) is 4.08. The molecule has 0 aromatic heterocycles. The third-order valence-electron chi connectivity index (χ3n) is 4.08. The highest BCUT2D eigenvalue weighted by atomic mass is 16.5. The van der Waals surface area contributed by atoms with Gasteiger partial charge in [0.1, 0.15) is 6.10 Å². The van der Waals surface area contributed by atoms with Gasteiger partial charge < -0.3 is 20.1 Å².